The van der Waals surface area contributed by atoms with E-state index < -0.39 is 5.97 Å². The molecule has 2 rings (SSSR count). The summed E-state index contributed by atoms with van der Waals surface area (Å²) in [5, 5.41) is 8.22. The predicted molar refractivity (Wildman–Crippen MR) is 80.1 cm³/mol. The Morgan fingerprint density at radius 3 is 2.71 bits per heavy atom. The van der Waals surface area contributed by atoms with Crippen molar-refractivity contribution >= 4 is 29.3 Å². The highest BCUT2D eigenvalue weighted by Crippen LogP contribution is 2.37. The van der Waals surface area contributed by atoms with Gasteiger partial charge >= 0.3 is 5.97 Å². The quantitative estimate of drug-likeness (QED) is 0.600. The van der Waals surface area contributed by atoms with E-state index >= 15 is 0 Å². The van der Waals surface area contributed by atoms with Gasteiger partial charge in [0, 0.05) is 0 Å². The largest absolute Gasteiger partial charge is 0.489 e. The zero-order valence-electron chi connectivity index (χ0n) is 11.6. The first-order valence-corrected chi connectivity index (χ1v) is 7.69. The Kier molecular flexibility index (Phi) is 5.46. The fourth-order valence-corrected chi connectivity index (χ4v) is 2.59. The summed E-state index contributed by atoms with van der Waals surface area (Å²) in [6, 6.07) is 3.41. The monoisotopic (exact) mass is 327 g/mol. The highest BCUT2D eigenvalue weighted by Gasteiger charge is 2.18. The second-order valence-corrected chi connectivity index (χ2v) is 5.15. The van der Waals surface area contributed by atoms with Crippen molar-refractivity contribution < 1.29 is 14.3 Å². The van der Waals surface area contributed by atoms with Crippen LogP contribution in [0.5, 0.6) is 5.75 Å². The summed E-state index contributed by atoms with van der Waals surface area (Å²) in [5.74, 6) is -0.0227. The Labute approximate surface area is 131 Å². The van der Waals surface area contributed by atoms with E-state index in [1.54, 1.807) is 24.5 Å². The zero-order chi connectivity index (χ0) is 15.2. The molecule has 6 nitrogen and oxygen atoms in total. The second-order valence-electron chi connectivity index (χ2n) is 3.92. The van der Waals surface area contributed by atoms with Crippen molar-refractivity contribution in [1.82, 2.24) is 15.0 Å². The number of carbonyl (C=O) groups is 1. The van der Waals surface area contributed by atoms with E-state index in [1.165, 1.54) is 23.7 Å². The number of ether oxygens (including phenoxy) is 2. The van der Waals surface area contributed by atoms with Gasteiger partial charge in [-0.3, -0.25) is 0 Å². The summed E-state index contributed by atoms with van der Waals surface area (Å²) in [6.07, 6.45) is 5.10. The molecule has 21 heavy (non-hydrogen) atoms. The van der Waals surface area contributed by atoms with Crippen LogP contribution in [0.4, 0.5) is 0 Å². The first-order chi connectivity index (χ1) is 10.2. The van der Waals surface area contributed by atoms with Crippen LogP contribution in [-0.4, -0.2) is 40.9 Å². The smallest absolute Gasteiger partial charge is 0.339 e. The van der Waals surface area contributed by atoms with Gasteiger partial charge in [-0.1, -0.05) is 11.6 Å². The van der Waals surface area contributed by atoms with Crippen LogP contribution in [0.2, 0.25) is 5.02 Å². The van der Waals surface area contributed by atoms with Crippen LogP contribution in [0, 0.1) is 0 Å². The van der Waals surface area contributed by atoms with E-state index in [-0.39, 0.29) is 10.6 Å². The normalized spacial score (nSPS) is 10.4. The minimum atomic E-state index is -0.494. The number of esters is 1. The summed E-state index contributed by atoms with van der Waals surface area (Å²) in [5.41, 5.74) is 0.282. The zero-order valence-corrected chi connectivity index (χ0v) is 13.1. The molecule has 0 saturated heterocycles. The molecule has 1 aromatic heterocycles. The average Bonchev–Trinajstić information content (AvgIpc) is 3.01. The molecule has 0 aliphatic carbocycles. The van der Waals surface area contributed by atoms with Crippen LogP contribution >= 0.6 is 23.4 Å². The molecule has 8 heteroatoms. The maximum atomic E-state index is 11.7. The highest BCUT2D eigenvalue weighted by molar-refractivity contribution is 7.98. The number of benzene rings is 1. The maximum Gasteiger partial charge on any atom is 0.339 e. The Hall–Kier alpha value is -1.73. The first kappa shape index (κ1) is 15.7. The SMILES string of the molecule is COC(=O)c1ccc(SC)c(OCCn2nccn2)c1Cl. The molecular weight excluding hydrogens is 314 g/mol. The van der Waals surface area contributed by atoms with Gasteiger partial charge in [0.2, 0.25) is 0 Å². The lowest BCUT2D eigenvalue weighted by Crippen LogP contribution is -2.12. The van der Waals surface area contributed by atoms with Gasteiger partial charge in [0.05, 0.1) is 41.5 Å². The van der Waals surface area contributed by atoms with Gasteiger partial charge in [-0.15, -0.1) is 11.8 Å². The molecule has 0 bridgehead atoms. The van der Waals surface area contributed by atoms with Crippen LogP contribution in [0.15, 0.2) is 29.4 Å². The Morgan fingerprint density at radius 2 is 2.10 bits per heavy atom. The Bertz CT molecular complexity index is 619. The van der Waals surface area contributed by atoms with E-state index in [2.05, 4.69) is 10.2 Å². The summed E-state index contributed by atoms with van der Waals surface area (Å²) in [6.45, 7) is 0.826. The van der Waals surface area contributed by atoms with Crippen molar-refractivity contribution in [2.24, 2.45) is 0 Å². The van der Waals surface area contributed by atoms with Gasteiger partial charge in [0.15, 0.2) is 5.75 Å². The lowest BCUT2D eigenvalue weighted by Gasteiger charge is -2.13. The summed E-state index contributed by atoms with van der Waals surface area (Å²) >= 11 is 7.74. The molecule has 0 N–H and O–H groups in total. The third-order valence-electron chi connectivity index (χ3n) is 2.69. The van der Waals surface area contributed by atoms with Gasteiger partial charge < -0.3 is 9.47 Å². The third kappa shape index (κ3) is 3.68. The molecule has 0 aliphatic rings. The van der Waals surface area contributed by atoms with Gasteiger partial charge in [0.1, 0.15) is 6.61 Å². The van der Waals surface area contributed by atoms with Crippen molar-refractivity contribution in [1.29, 1.82) is 0 Å². The topological polar surface area (TPSA) is 66.2 Å². The number of hydrogen-bond acceptors (Lipinski definition) is 6. The lowest BCUT2D eigenvalue weighted by atomic mass is 10.2. The van der Waals surface area contributed by atoms with E-state index in [1.807, 2.05) is 6.26 Å². The Balaban J connectivity index is 2.17. The van der Waals surface area contributed by atoms with E-state index in [0.29, 0.717) is 18.9 Å². The third-order valence-corrected chi connectivity index (χ3v) is 3.83. The van der Waals surface area contributed by atoms with Crippen molar-refractivity contribution in [3.8, 4) is 5.75 Å². The summed E-state index contributed by atoms with van der Waals surface area (Å²) in [7, 11) is 1.31. The molecule has 1 aromatic carbocycles. The van der Waals surface area contributed by atoms with E-state index in [0.717, 1.165) is 4.90 Å². The minimum Gasteiger partial charge on any atom is -0.489 e. The number of thioether (sulfide) groups is 1. The Morgan fingerprint density at radius 1 is 1.38 bits per heavy atom. The standard InChI is InChI=1S/C13H14ClN3O3S/c1-19-13(18)9-3-4-10(21-2)12(11(9)14)20-8-7-17-15-5-6-16-17/h3-6H,7-8H2,1-2H3. The molecule has 0 amide bonds. The van der Waals surface area contributed by atoms with Crippen LogP contribution in [0.25, 0.3) is 0 Å². The number of aromatic nitrogens is 3. The van der Waals surface area contributed by atoms with Crippen LogP contribution in [0.1, 0.15) is 10.4 Å². The van der Waals surface area contributed by atoms with Crippen molar-refractivity contribution in [2.45, 2.75) is 11.4 Å². The van der Waals surface area contributed by atoms with Gasteiger partial charge in [-0.2, -0.15) is 15.0 Å². The molecule has 0 saturated carbocycles. The second kappa shape index (κ2) is 7.33. The summed E-state index contributed by atoms with van der Waals surface area (Å²) < 4.78 is 10.4. The number of nitrogens with zero attached hydrogens (tertiary/aromatic N) is 3. The van der Waals surface area contributed by atoms with Crippen LogP contribution < -0.4 is 4.74 Å². The number of carbonyl (C=O) groups excluding carboxylic acids is 1. The summed E-state index contributed by atoms with van der Waals surface area (Å²) in [4.78, 5) is 14.0. The molecule has 0 aliphatic heterocycles. The molecule has 1 heterocycles. The average molecular weight is 328 g/mol. The first-order valence-electron chi connectivity index (χ1n) is 6.09. The molecule has 0 radical (unpaired) electrons. The highest BCUT2D eigenvalue weighted by atomic mass is 35.5. The van der Waals surface area contributed by atoms with Crippen molar-refractivity contribution in [3.63, 3.8) is 0 Å². The van der Waals surface area contributed by atoms with Gasteiger partial charge in [-0.05, 0) is 18.4 Å². The number of halogens is 1. The molecular formula is C13H14ClN3O3S. The van der Waals surface area contributed by atoms with E-state index in [4.69, 9.17) is 21.1 Å². The lowest BCUT2D eigenvalue weighted by molar-refractivity contribution is 0.0600. The van der Waals surface area contributed by atoms with Crippen molar-refractivity contribution in [3.05, 3.63) is 35.1 Å². The van der Waals surface area contributed by atoms with Crippen LogP contribution in [-0.2, 0) is 11.3 Å². The minimum absolute atomic E-state index is 0.252. The molecule has 0 spiro atoms. The molecule has 0 fully saturated rings. The van der Waals surface area contributed by atoms with Gasteiger partial charge in [-0.25, -0.2) is 4.79 Å². The fourth-order valence-electron chi connectivity index (χ4n) is 1.69. The molecule has 112 valence electrons. The van der Waals surface area contributed by atoms with Crippen LogP contribution in [0.3, 0.4) is 0 Å². The fraction of sp³-hybridized carbons (Fsp3) is 0.308. The number of hydrogen-bond donors (Lipinski definition) is 0. The van der Waals surface area contributed by atoms with E-state index in [9.17, 15) is 4.79 Å². The number of rotatable bonds is 6. The van der Waals surface area contributed by atoms with Gasteiger partial charge in [0.25, 0.3) is 0 Å². The van der Waals surface area contributed by atoms with Crippen molar-refractivity contribution in [2.75, 3.05) is 20.0 Å². The maximum absolute atomic E-state index is 11.7. The number of methoxy groups -OCH3 is 1. The molecule has 0 unspecified atom stereocenters. The molecule has 2 aromatic rings. The molecule has 0 atom stereocenters. The predicted octanol–water partition coefficient (Wildman–Crippen LogP) is 2.52.